The van der Waals surface area contributed by atoms with Crippen LogP contribution in [0.25, 0.3) is 0 Å². The van der Waals surface area contributed by atoms with Crippen LogP contribution in [0, 0.1) is 5.92 Å². The van der Waals surface area contributed by atoms with Crippen molar-refractivity contribution in [3.63, 3.8) is 0 Å². The average Bonchev–Trinajstić information content (AvgIpc) is 3.33. The van der Waals surface area contributed by atoms with Gasteiger partial charge < -0.3 is 14.5 Å². The third kappa shape index (κ3) is 4.41. The lowest BCUT2D eigenvalue weighted by atomic mass is 9.87. The fraction of sp³-hybridized carbons (Fsp3) is 0.528. The summed E-state index contributed by atoms with van der Waals surface area (Å²) >= 11 is 0. The zero-order valence-corrected chi connectivity index (χ0v) is 25.1. The molecule has 0 radical (unpaired) electrons. The molecular weight excluding hydrogens is 538 g/mol. The number of benzene rings is 2. The van der Waals surface area contributed by atoms with Crippen LogP contribution in [0.15, 0.2) is 24.3 Å². The summed E-state index contributed by atoms with van der Waals surface area (Å²) in [5, 5.41) is 0. The van der Waals surface area contributed by atoms with E-state index < -0.39 is 0 Å². The van der Waals surface area contributed by atoms with E-state index in [1.54, 1.807) is 0 Å². The summed E-state index contributed by atoms with van der Waals surface area (Å²) in [7, 11) is 0. The molecule has 1 aliphatic carbocycles. The molecule has 7 nitrogen and oxygen atoms in total. The number of carbonyl (C=O) groups is 3. The Kier molecular flexibility index (Phi) is 6.61. The van der Waals surface area contributed by atoms with E-state index in [-0.39, 0.29) is 36.2 Å². The number of amides is 1. The number of fused-ring (bicyclic) bond motifs is 4. The van der Waals surface area contributed by atoms with Crippen molar-refractivity contribution in [3.8, 4) is 11.5 Å². The summed E-state index contributed by atoms with van der Waals surface area (Å²) in [5.74, 6) is 1.61. The van der Waals surface area contributed by atoms with Crippen LogP contribution in [0.3, 0.4) is 0 Å². The number of hydrogen-bond donors (Lipinski definition) is 0. The molecule has 224 valence electrons. The molecular formula is C36H41N3O4. The van der Waals surface area contributed by atoms with E-state index in [0.717, 1.165) is 106 Å². The van der Waals surface area contributed by atoms with Gasteiger partial charge in [0.2, 0.25) is 5.91 Å². The van der Waals surface area contributed by atoms with Gasteiger partial charge in [-0.1, -0.05) is 12.2 Å². The molecule has 2 aromatic carbocycles. The first-order valence-electron chi connectivity index (χ1n) is 16.6. The molecule has 6 aliphatic rings. The summed E-state index contributed by atoms with van der Waals surface area (Å²) in [6.45, 7) is 8.34. The molecule has 0 aromatic heterocycles. The SMILES string of the molecule is C=C1CCC(=O)C1CC(=O)CCCC(=O)N1c2cc3c4c(c2Oc2c1cc1c5c2CCCN5CCC1)CCCN4CCC3. The number of ketones is 2. The first-order valence-corrected chi connectivity index (χ1v) is 16.6. The van der Waals surface area contributed by atoms with Crippen molar-refractivity contribution in [2.45, 2.75) is 89.9 Å². The molecule has 7 heteroatoms. The van der Waals surface area contributed by atoms with Crippen LogP contribution in [0.1, 0.15) is 86.5 Å². The van der Waals surface area contributed by atoms with Crippen molar-refractivity contribution in [2.75, 3.05) is 40.9 Å². The Bertz CT molecular complexity index is 1470. The van der Waals surface area contributed by atoms with E-state index in [2.05, 4.69) is 28.5 Å². The lowest BCUT2D eigenvalue weighted by Gasteiger charge is -2.43. The number of rotatable bonds is 6. The highest BCUT2D eigenvalue weighted by Gasteiger charge is 2.40. The van der Waals surface area contributed by atoms with Gasteiger partial charge in [0.1, 0.15) is 11.6 Å². The minimum absolute atomic E-state index is 0.0196. The standard InChI is InChI=1S/C36H41N3O4/c1-22-13-14-31(41)28(22)21-25(40)9-2-12-32(42)39-29-19-23-7-3-15-37-17-5-10-26(33(23)37)35(29)43-36-27-11-6-18-38-16-4-8-24(34(27)38)20-30(36)39/h19-20,28H,1-18,21H2. The smallest absolute Gasteiger partial charge is 0.231 e. The molecule has 5 heterocycles. The molecule has 1 atom stereocenters. The van der Waals surface area contributed by atoms with Crippen molar-refractivity contribution in [1.82, 2.24) is 0 Å². The van der Waals surface area contributed by atoms with Gasteiger partial charge in [0.05, 0.1) is 11.4 Å². The molecule has 2 aromatic rings. The molecule has 0 bridgehead atoms. The molecule has 5 aliphatic heterocycles. The van der Waals surface area contributed by atoms with Crippen molar-refractivity contribution < 1.29 is 19.1 Å². The van der Waals surface area contributed by atoms with E-state index in [0.29, 0.717) is 25.7 Å². The first kappa shape index (κ1) is 27.0. The second kappa shape index (κ2) is 10.5. The molecule has 1 saturated carbocycles. The fourth-order valence-electron chi connectivity index (χ4n) is 8.68. The highest BCUT2D eigenvalue weighted by atomic mass is 16.5. The summed E-state index contributed by atoms with van der Waals surface area (Å²) in [4.78, 5) is 46.4. The molecule has 1 amide bonds. The Balaban J connectivity index is 1.15. The van der Waals surface area contributed by atoms with Crippen LogP contribution in [0.2, 0.25) is 0 Å². The Morgan fingerprint density at radius 1 is 0.767 bits per heavy atom. The van der Waals surface area contributed by atoms with Gasteiger partial charge in [-0.25, -0.2) is 0 Å². The maximum absolute atomic E-state index is 14.3. The summed E-state index contributed by atoms with van der Waals surface area (Å²) < 4.78 is 6.99. The van der Waals surface area contributed by atoms with Gasteiger partial charge in [-0.05, 0) is 87.5 Å². The highest BCUT2D eigenvalue weighted by Crippen LogP contribution is 2.57. The largest absolute Gasteiger partial charge is 0.452 e. The van der Waals surface area contributed by atoms with Crippen LogP contribution in [0.4, 0.5) is 22.7 Å². The fourth-order valence-corrected chi connectivity index (χ4v) is 8.68. The van der Waals surface area contributed by atoms with Crippen molar-refractivity contribution >= 4 is 40.2 Å². The van der Waals surface area contributed by atoms with Crippen LogP contribution >= 0.6 is 0 Å². The monoisotopic (exact) mass is 579 g/mol. The van der Waals surface area contributed by atoms with Crippen molar-refractivity contribution in [3.05, 3.63) is 46.5 Å². The van der Waals surface area contributed by atoms with Crippen molar-refractivity contribution in [2.24, 2.45) is 5.92 Å². The van der Waals surface area contributed by atoms with Crippen LogP contribution in [0.5, 0.6) is 11.5 Å². The van der Waals surface area contributed by atoms with Crippen LogP contribution in [-0.2, 0) is 40.1 Å². The zero-order valence-electron chi connectivity index (χ0n) is 25.1. The molecule has 0 spiro atoms. The predicted octanol–water partition coefficient (Wildman–Crippen LogP) is 6.52. The molecule has 8 rings (SSSR count). The Morgan fingerprint density at radius 2 is 1.33 bits per heavy atom. The molecule has 1 unspecified atom stereocenters. The Labute approximate surface area is 253 Å². The summed E-state index contributed by atoms with van der Waals surface area (Å²) in [6.07, 6.45) is 10.9. The Morgan fingerprint density at radius 3 is 1.86 bits per heavy atom. The molecule has 0 saturated heterocycles. The zero-order chi connectivity index (χ0) is 29.2. The van der Waals surface area contributed by atoms with Gasteiger partial charge in [-0.15, -0.1) is 0 Å². The lowest BCUT2D eigenvalue weighted by molar-refractivity contribution is -0.126. The second-order valence-corrected chi connectivity index (χ2v) is 13.4. The van der Waals surface area contributed by atoms with E-state index in [1.165, 1.54) is 33.6 Å². The normalized spacial score (nSPS) is 21.6. The number of Topliss-reactive ketones (excluding diaryl/α,β-unsaturated/α-hetero) is 2. The van der Waals surface area contributed by atoms with Gasteiger partial charge in [0.15, 0.2) is 11.5 Å². The number of anilines is 4. The maximum atomic E-state index is 14.3. The number of nitrogens with zero attached hydrogens (tertiary/aromatic N) is 3. The minimum Gasteiger partial charge on any atom is -0.452 e. The van der Waals surface area contributed by atoms with E-state index in [4.69, 9.17) is 4.74 Å². The van der Waals surface area contributed by atoms with E-state index >= 15 is 0 Å². The first-order chi connectivity index (χ1) is 21.0. The maximum Gasteiger partial charge on any atom is 0.231 e. The van der Waals surface area contributed by atoms with Crippen molar-refractivity contribution in [1.29, 1.82) is 0 Å². The van der Waals surface area contributed by atoms with Gasteiger partial charge in [0, 0.05) is 80.3 Å². The topological polar surface area (TPSA) is 70.2 Å². The summed E-state index contributed by atoms with van der Waals surface area (Å²) in [6, 6.07) is 4.46. The molecule has 43 heavy (non-hydrogen) atoms. The third-order valence-electron chi connectivity index (χ3n) is 10.7. The van der Waals surface area contributed by atoms with Crippen LogP contribution < -0.4 is 19.4 Å². The molecule has 0 N–H and O–H groups in total. The lowest BCUT2D eigenvalue weighted by Crippen LogP contribution is -2.37. The number of ether oxygens (including phenoxy) is 1. The number of aryl methyl sites for hydroxylation is 2. The van der Waals surface area contributed by atoms with Gasteiger partial charge in [-0.3, -0.25) is 19.3 Å². The number of carbonyl (C=O) groups excluding carboxylic acids is 3. The van der Waals surface area contributed by atoms with Gasteiger partial charge in [-0.2, -0.15) is 0 Å². The van der Waals surface area contributed by atoms with E-state index in [1.807, 2.05) is 4.90 Å². The third-order valence-corrected chi connectivity index (χ3v) is 10.7. The Hall–Kier alpha value is -3.61. The van der Waals surface area contributed by atoms with Gasteiger partial charge in [0.25, 0.3) is 0 Å². The van der Waals surface area contributed by atoms with Gasteiger partial charge >= 0.3 is 0 Å². The van der Waals surface area contributed by atoms with Crippen LogP contribution in [-0.4, -0.2) is 43.7 Å². The quantitative estimate of drug-likeness (QED) is 0.363. The van der Waals surface area contributed by atoms with E-state index in [9.17, 15) is 14.4 Å². The highest BCUT2D eigenvalue weighted by molar-refractivity contribution is 6.06. The predicted molar refractivity (Wildman–Crippen MR) is 168 cm³/mol. The second-order valence-electron chi connectivity index (χ2n) is 13.4. The average molecular weight is 580 g/mol. The number of hydrogen-bond acceptors (Lipinski definition) is 6. The summed E-state index contributed by atoms with van der Waals surface area (Å²) in [5.41, 5.74) is 10.5. The minimum atomic E-state index is -0.327. The molecule has 1 fully saturated rings. The number of allylic oxidation sites excluding steroid dienone is 1.